The highest BCUT2D eigenvalue weighted by molar-refractivity contribution is 7.18. The topological polar surface area (TPSA) is 99.5 Å². The monoisotopic (exact) mass is 453 g/mol. The molecule has 0 saturated carbocycles. The number of ketones is 1. The lowest BCUT2D eigenvalue weighted by molar-refractivity contribution is -0.116. The first kappa shape index (κ1) is 19.5. The highest BCUT2D eigenvalue weighted by atomic mass is 32.1. The summed E-state index contributed by atoms with van der Waals surface area (Å²) in [5.74, 6) is 0.206. The van der Waals surface area contributed by atoms with Crippen molar-refractivity contribution in [3.05, 3.63) is 57.3 Å². The molecule has 1 aromatic carbocycles. The summed E-state index contributed by atoms with van der Waals surface area (Å²) in [6, 6.07) is 6.95. The molecule has 1 aliphatic rings. The quantitative estimate of drug-likeness (QED) is 0.462. The zero-order chi connectivity index (χ0) is 21.5. The van der Waals surface area contributed by atoms with Crippen molar-refractivity contribution in [2.45, 2.75) is 13.5 Å². The van der Waals surface area contributed by atoms with Gasteiger partial charge in [0.2, 0.25) is 12.7 Å². The Morgan fingerprint density at radius 1 is 1.23 bits per heavy atom. The zero-order valence-electron chi connectivity index (χ0n) is 16.2. The number of benzene rings is 1. The van der Waals surface area contributed by atoms with Crippen molar-refractivity contribution in [1.82, 2.24) is 9.55 Å². The second-order valence-electron chi connectivity index (χ2n) is 6.84. The second-order valence-corrected chi connectivity index (χ2v) is 8.65. The summed E-state index contributed by atoms with van der Waals surface area (Å²) in [6.07, 6.45) is 1.37. The Bertz CT molecular complexity index is 1390. The fraction of sp³-hybridized carbons (Fsp3) is 0.143. The van der Waals surface area contributed by atoms with Crippen LogP contribution in [-0.4, -0.2) is 28.0 Å². The van der Waals surface area contributed by atoms with Gasteiger partial charge in [-0.3, -0.25) is 19.0 Å². The number of fused-ring (bicyclic) bond motifs is 2. The summed E-state index contributed by atoms with van der Waals surface area (Å²) in [6.45, 7) is 1.21. The molecular weight excluding hydrogens is 438 g/mol. The number of thiophene rings is 2. The van der Waals surface area contributed by atoms with Crippen molar-refractivity contribution in [2.75, 3.05) is 12.1 Å². The Kier molecular flexibility index (Phi) is 4.79. The van der Waals surface area contributed by atoms with Gasteiger partial charge in [0, 0.05) is 27.5 Å². The number of carbonyl (C=O) groups excluding carboxylic acids is 2. The lowest BCUT2D eigenvalue weighted by atomic mass is 10.1. The van der Waals surface area contributed by atoms with Crippen molar-refractivity contribution in [1.29, 1.82) is 0 Å². The van der Waals surface area contributed by atoms with Crippen LogP contribution < -0.4 is 20.3 Å². The number of hydrogen-bond acceptors (Lipinski definition) is 8. The van der Waals surface area contributed by atoms with Crippen molar-refractivity contribution in [2.24, 2.45) is 0 Å². The summed E-state index contributed by atoms with van der Waals surface area (Å²) in [5, 5.41) is 7.05. The smallest absolute Gasteiger partial charge is 0.263 e. The summed E-state index contributed by atoms with van der Waals surface area (Å²) in [5.41, 5.74) is 1.13. The van der Waals surface area contributed by atoms with Crippen LogP contribution in [0.4, 0.5) is 5.69 Å². The third-order valence-corrected chi connectivity index (χ3v) is 6.62. The van der Waals surface area contributed by atoms with Gasteiger partial charge in [-0.2, -0.15) is 0 Å². The van der Waals surface area contributed by atoms with Crippen molar-refractivity contribution in [3.8, 4) is 21.9 Å². The Hall–Kier alpha value is -3.50. The molecule has 1 amide bonds. The third-order valence-electron chi connectivity index (χ3n) is 4.83. The van der Waals surface area contributed by atoms with Gasteiger partial charge < -0.3 is 14.8 Å². The normalized spacial score (nSPS) is 12.3. The van der Waals surface area contributed by atoms with Crippen molar-refractivity contribution >= 4 is 50.3 Å². The minimum atomic E-state index is -0.461. The van der Waals surface area contributed by atoms with Crippen LogP contribution in [-0.2, 0) is 11.3 Å². The van der Waals surface area contributed by atoms with E-state index >= 15 is 0 Å². The van der Waals surface area contributed by atoms with E-state index in [4.69, 9.17) is 9.47 Å². The highest BCUT2D eigenvalue weighted by Crippen LogP contribution is 2.37. The zero-order valence-corrected chi connectivity index (χ0v) is 17.8. The molecule has 4 aromatic rings. The van der Waals surface area contributed by atoms with E-state index in [-0.39, 0.29) is 24.7 Å². The van der Waals surface area contributed by atoms with Crippen LogP contribution in [0.3, 0.4) is 0 Å². The Labute approximate surface area is 183 Å². The van der Waals surface area contributed by atoms with Gasteiger partial charge in [-0.25, -0.2) is 4.98 Å². The minimum absolute atomic E-state index is 0.0539. The van der Waals surface area contributed by atoms with Gasteiger partial charge in [0.1, 0.15) is 11.4 Å². The van der Waals surface area contributed by atoms with E-state index in [9.17, 15) is 14.4 Å². The Morgan fingerprint density at radius 3 is 2.77 bits per heavy atom. The van der Waals surface area contributed by atoms with Crippen molar-refractivity contribution in [3.63, 3.8) is 0 Å². The molecule has 0 aliphatic carbocycles. The number of aromatic nitrogens is 2. The fourth-order valence-electron chi connectivity index (χ4n) is 3.37. The van der Waals surface area contributed by atoms with E-state index < -0.39 is 5.91 Å². The van der Waals surface area contributed by atoms with Gasteiger partial charge in [0.05, 0.1) is 17.4 Å². The first-order valence-electron chi connectivity index (χ1n) is 9.26. The molecule has 0 radical (unpaired) electrons. The summed E-state index contributed by atoms with van der Waals surface area (Å²) < 4.78 is 11.9. The molecule has 1 N–H and O–H groups in total. The third kappa shape index (κ3) is 3.49. The van der Waals surface area contributed by atoms with Crippen LogP contribution in [0.2, 0.25) is 0 Å². The molecule has 0 spiro atoms. The summed E-state index contributed by atoms with van der Waals surface area (Å²) >= 11 is 2.93. The molecule has 5 rings (SSSR count). The average molecular weight is 454 g/mol. The van der Waals surface area contributed by atoms with Crippen LogP contribution in [0.15, 0.2) is 46.1 Å². The van der Waals surface area contributed by atoms with Gasteiger partial charge in [0.25, 0.3) is 5.56 Å². The van der Waals surface area contributed by atoms with E-state index in [1.807, 2.05) is 22.9 Å². The number of Topliss-reactive ketones (excluding diaryl/α,β-unsaturated/α-hetero) is 1. The van der Waals surface area contributed by atoms with Gasteiger partial charge >= 0.3 is 0 Å². The van der Waals surface area contributed by atoms with Gasteiger partial charge in [-0.15, -0.1) is 22.7 Å². The van der Waals surface area contributed by atoms with Crippen LogP contribution >= 0.6 is 22.7 Å². The Balaban J connectivity index is 1.45. The molecule has 0 unspecified atom stereocenters. The van der Waals surface area contributed by atoms with Crippen molar-refractivity contribution < 1.29 is 19.1 Å². The number of ether oxygens (including phenoxy) is 2. The summed E-state index contributed by atoms with van der Waals surface area (Å²) in [7, 11) is 0. The first-order chi connectivity index (χ1) is 15.0. The first-order valence-corrected chi connectivity index (χ1v) is 11.0. The number of hydrogen-bond donors (Lipinski definition) is 1. The molecule has 1 aliphatic heterocycles. The van der Waals surface area contributed by atoms with Crippen LogP contribution in [0, 0.1) is 0 Å². The lowest BCUT2D eigenvalue weighted by Crippen LogP contribution is -2.28. The molecule has 0 bridgehead atoms. The number of carbonyl (C=O) groups is 2. The van der Waals surface area contributed by atoms with E-state index in [1.165, 1.54) is 40.5 Å². The maximum Gasteiger partial charge on any atom is 0.263 e. The predicted molar refractivity (Wildman–Crippen MR) is 118 cm³/mol. The highest BCUT2D eigenvalue weighted by Gasteiger charge is 2.21. The minimum Gasteiger partial charge on any atom is -0.454 e. The van der Waals surface area contributed by atoms with Gasteiger partial charge in [0.15, 0.2) is 17.3 Å². The van der Waals surface area contributed by atoms with Gasteiger partial charge in [-0.05, 0) is 24.4 Å². The van der Waals surface area contributed by atoms with E-state index in [1.54, 1.807) is 12.1 Å². The molecular formula is C21H15N3O5S2. The molecule has 8 nitrogen and oxygen atoms in total. The molecule has 0 atom stereocenters. The molecule has 0 fully saturated rings. The molecule has 4 heterocycles. The predicted octanol–water partition coefficient (Wildman–Crippen LogP) is 3.76. The molecule has 31 heavy (non-hydrogen) atoms. The van der Waals surface area contributed by atoms with E-state index in [0.717, 1.165) is 10.4 Å². The maximum atomic E-state index is 13.1. The molecule has 10 heteroatoms. The number of nitrogens with zero attached hydrogens (tertiary/aromatic N) is 2. The van der Waals surface area contributed by atoms with E-state index in [0.29, 0.717) is 33.0 Å². The number of amides is 1. The standard InChI is InChI=1S/C21H15N3O5S2/c1-11(25)12-5-15-16(29-10-28-15)6-14(12)23-18(26)7-24-9-22-20-19(21(24)27)13(8-31-20)17-3-2-4-30-17/h2-6,8-9H,7,10H2,1H3,(H,23,26). The molecule has 156 valence electrons. The largest absolute Gasteiger partial charge is 0.454 e. The number of anilines is 1. The van der Waals surface area contributed by atoms with Gasteiger partial charge in [-0.1, -0.05) is 6.07 Å². The molecule has 0 saturated heterocycles. The number of rotatable bonds is 5. The number of nitrogens with one attached hydrogen (secondary N) is 1. The summed E-state index contributed by atoms with van der Waals surface area (Å²) in [4.78, 5) is 43.8. The Morgan fingerprint density at radius 2 is 2.03 bits per heavy atom. The van der Waals surface area contributed by atoms with Crippen LogP contribution in [0.1, 0.15) is 17.3 Å². The van der Waals surface area contributed by atoms with Crippen LogP contribution in [0.5, 0.6) is 11.5 Å². The van der Waals surface area contributed by atoms with E-state index in [2.05, 4.69) is 10.3 Å². The average Bonchev–Trinajstić information content (AvgIpc) is 3.49. The molecule has 3 aromatic heterocycles. The van der Waals surface area contributed by atoms with Crippen LogP contribution in [0.25, 0.3) is 20.7 Å². The fourth-order valence-corrected chi connectivity index (χ4v) is 5.10. The second kappa shape index (κ2) is 7.64. The lowest BCUT2D eigenvalue weighted by Gasteiger charge is -2.11. The SMILES string of the molecule is CC(=O)c1cc2c(cc1NC(=O)Cn1cnc3scc(-c4cccs4)c3c1=O)OCO2. The maximum absolute atomic E-state index is 13.1.